The van der Waals surface area contributed by atoms with E-state index in [1.165, 1.54) is 42.5 Å². The fraction of sp³-hybridized carbons (Fsp3) is 0.118. The number of fused-ring (bicyclic) bond motifs is 2. The summed E-state index contributed by atoms with van der Waals surface area (Å²) in [5.74, 6) is -1.51. The fourth-order valence-electron chi connectivity index (χ4n) is 5.14. The van der Waals surface area contributed by atoms with E-state index in [-0.39, 0.29) is 46.7 Å². The third-order valence-corrected chi connectivity index (χ3v) is 7.64. The summed E-state index contributed by atoms with van der Waals surface area (Å²) >= 11 is 0. The van der Waals surface area contributed by atoms with Crippen molar-refractivity contribution in [1.29, 1.82) is 0 Å². The van der Waals surface area contributed by atoms with Crippen molar-refractivity contribution in [1.82, 2.24) is 0 Å². The highest BCUT2D eigenvalue weighted by molar-refractivity contribution is 5.83. The largest absolute Gasteiger partial charge is 0.508 e. The molecule has 6 aromatic rings. The van der Waals surface area contributed by atoms with Gasteiger partial charge in [-0.1, -0.05) is 24.3 Å². The van der Waals surface area contributed by atoms with Gasteiger partial charge in [-0.05, 0) is 66.4 Å². The molecule has 4 N–H and O–H groups in total. The second-order valence-electron chi connectivity index (χ2n) is 10.5. The van der Waals surface area contributed by atoms with Gasteiger partial charge >= 0.3 is 16.9 Å². The molecule has 234 valence electrons. The highest BCUT2D eigenvalue weighted by Gasteiger charge is 2.20. The molecule has 12 heteroatoms. The smallest absolute Gasteiger partial charge is 0.340 e. The molecule has 0 saturated heterocycles. The Morgan fingerprint density at radius 1 is 0.739 bits per heavy atom. The number of halogens is 2. The van der Waals surface area contributed by atoms with Crippen molar-refractivity contribution >= 4 is 33.3 Å². The monoisotopic (exact) mass is 628 g/mol. The standard InChI is InChI=1S/C17H12FNO5.C17H14FNO3/c1-9-12-6-5-11(20)8-15(12)24-17(21)13(9)7-10-3-2-4-14(16(10)18)19(22)23;1-9-12-6-5-11(20)8-15(12)22-17(21)13(9)7-10-3-2-4-14(19)16(10)18/h2-6,8,20H,7H2,1H3;2-6,8,20H,7,19H2,1H3. The van der Waals surface area contributed by atoms with Gasteiger partial charge in [-0.2, -0.15) is 4.39 Å². The average Bonchev–Trinajstić information content (AvgIpc) is 3.00. The van der Waals surface area contributed by atoms with Crippen LogP contribution in [0.1, 0.15) is 33.4 Å². The minimum absolute atomic E-state index is 0.0182. The Labute approximate surface area is 258 Å². The van der Waals surface area contributed by atoms with Gasteiger partial charge < -0.3 is 24.8 Å². The van der Waals surface area contributed by atoms with Gasteiger partial charge in [0.2, 0.25) is 5.82 Å². The summed E-state index contributed by atoms with van der Waals surface area (Å²) in [6, 6.07) is 17.5. The molecule has 0 aliphatic carbocycles. The molecule has 0 saturated carbocycles. The number of phenolic OH excluding ortho intramolecular Hbond substituents is 2. The molecule has 10 nitrogen and oxygen atoms in total. The van der Waals surface area contributed by atoms with Crippen LogP contribution in [-0.2, 0) is 12.8 Å². The van der Waals surface area contributed by atoms with E-state index in [0.717, 1.165) is 6.07 Å². The quantitative estimate of drug-likeness (QED) is 0.0827. The number of rotatable bonds is 5. The van der Waals surface area contributed by atoms with Crippen molar-refractivity contribution in [3.05, 3.63) is 149 Å². The molecule has 0 atom stereocenters. The van der Waals surface area contributed by atoms with Crippen LogP contribution in [0.4, 0.5) is 20.2 Å². The second kappa shape index (κ2) is 12.5. The van der Waals surface area contributed by atoms with Crippen molar-refractivity contribution in [3.63, 3.8) is 0 Å². The predicted molar refractivity (Wildman–Crippen MR) is 167 cm³/mol. The normalized spacial score (nSPS) is 11.0. The van der Waals surface area contributed by atoms with Gasteiger partial charge in [0.1, 0.15) is 28.5 Å². The van der Waals surface area contributed by atoms with E-state index in [2.05, 4.69) is 0 Å². The Balaban J connectivity index is 0.000000182. The van der Waals surface area contributed by atoms with E-state index in [1.807, 2.05) is 0 Å². The maximum Gasteiger partial charge on any atom is 0.340 e. The summed E-state index contributed by atoms with van der Waals surface area (Å²) in [4.78, 5) is 34.4. The van der Waals surface area contributed by atoms with Crippen LogP contribution in [0.5, 0.6) is 11.5 Å². The lowest BCUT2D eigenvalue weighted by atomic mass is 9.99. The summed E-state index contributed by atoms with van der Waals surface area (Å²) in [7, 11) is 0. The minimum atomic E-state index is -0.966. The number of benzene rings is 4. The third-order valence-electron chi connectivity index (χ3n) is 7.64. The van der Waals surface area contributed by atoms with E-state index in [0.29, 0.717) is 38.6 Å². The summed E-state index contributed by atoms with van der Waals surface area (Å²) in [6.45, 7) is 3.46. The fourth-order valence-corrected chi connectivity index (χ4v) is 5.14. The van der Waals surface area contributed by atoms with Crippen molar-refractivity contribution in [2.24, 2.45) is 0 Å². The zero-order valence-corrected chi connectivity index (χ0v) is 24.5. The van der Waals surface area contributed by atoms with Crippen LogP contribution in [0.25, 0.3) is 21.9 Å². The molecule has 0 aliphatic rings. The molecule has 6 rings (SSSR count). The number of anilines is 1. The summed E-state index contributed by atoms with van der Waals surface area (Å²) in [6.07, 6.45) is -0.0274. The molecule has 0 radical (unpaired) electrons. The lowest BCUT2D eigenvalue weighted by Gasteiger charge is -2.09. The van der Waals surface area contributed by atoms with Gasteiger partial charge in [-0.3, -0.25) is 10.1 Å². The van der Waals surface area contributed by atoms with Gasteiger partial charge in [-0.25, -0.2) is 14.0 Å². The Bertz CT molecular complexity index is 2280. The van der Waals surface area contributed by atoms with Crippen molar-refractivity contribution in [3.8, 4) is 11.5 Å². The van der Waals surface area contributed by atoms with Gasteiger partial charge in [0, 0.05) is 52.9 Å². The highest BCUT2D eigenvalue weighted by Crippen LogP contribution is 2.28. The Hall–Kier alpha value is -6.04. The Kier molecular flexibility index (Phi) is 8.54. The predicted octanol–water partition coefficient (Wildman–Crippen LogP) is 6.56. The number of nitro benzene ring substituents is 1. The average molecular weight is 629 g/mol. The first-order valence-electron chi connectivity index (χ1n) is 13.8. The summed E-state index contributed by atoms with van der Waals surface area (Å²) in [5, 5.41) is 31.1. The van der Waals surface area contributed by atoms with Gasteiger partial charge in [0.05, 0.1) is 10.6 Å². The molecule has 0 bridgehead atoms. The molecule has 0 fully saturated rings. The molecule has 4 aromatic carbocycles. The van der Waals surface area contributed by atoms with Crippen LogP contribution in [0.2, 0.25) is 0 Å². The molecule has 0 amide bonds. The number of nitrogen functional groups attached to an aromatic ring is 1. The van der Waals surface area contributed by atoms with E-state index in [9.17, 15) is 38.7 Å². The number of aryl methyl sites for hydroxylation is 2. The van der Waals surface area contributed by atoms with E-state index in [4.69, 9.17) is 14.6 Å². The molecule has 0 aliphatic heterocycles. The van der Waals surface area contributed by atoms with E-state index < -0.39 is 33.5 Å². The van der Waals surface area contributed by atoms with Crippen LogP contribution in [0.15, 0.2) is 91.2 Å². The van der Waals surface area contributed by atoms with Crippen molar-refractivity contribution in [2.45, 2.75) is 26.7 Å². The maximum absolute atomic E-state index is 14.2. The van der Waals surface area contributed by atoms with E-state index >= 15 is 0 Å². The molecule has 46 heavy (non-hydrogen) atoms. The minimum Gasteiger partial charge on any atom is -0.508 e. The van der Waals surface area contributed by atoms with E-state index in [1.54, 1.807) is 38.1 Å². The molecule has 2 aromatic heterocycles. The zero-order valence-electron chi connectivity index (χ0n) is 24.5. The molecule has 0 unspecified atom stereocenters. The number of hydrogen-bond acceptors (Lipinski definition) is 9. The number of phenols is 2. The topological polar surface area (TPSA) is 170 Å². The molecular formula is C34H26F2N2O8. The number of nitro groups is 1. The van der Waals surface area contributed by atoms with Crippen LogP contribution in [-0.4, -0.2) is 15.1 Å². The third kappa shape index (κ3) is 6.13. The van der Waals surface area contributed by atoms with Crippen LogP contribution in [0, 0.1) is 35.6 Å². The number of nitrogens with zero attached hydrogens (tertiary/aromatic N) is 1. The molecule has 0 spiro atoms. The Morgan fingerprint density at radius 2 is 1.20 bits per heavy atom. The lowest BCUT2D eigenvalue weighted by molar-refractivity contribution is -0.387. The number of nitrogens with two attached hydrogens (primary N) is 1. The second-order valence-corrected chi connectivity index (χ2v) is 10.5. The van der Waals surface area contributed by atoms with Gasteiger partial charge in [0.25, 0.3) is 0 Å². The Morgan fingerprint density at radius 3 is 1.67 bits per heavy atom. The van der Waals surface area contributed by atoms with Gasteiger partial charge in [0.15, 0.2) is 0 Å². The summed E-state index contributed by atoms with van der Waals surface area (Å²) < 4.78 is 38.7. The van der Waals surface area contributed by atoms with Crippen molar-refractivity contribution in [2.75, 3.05) is 5.73 Å². The van der Waals surface area contributed by atoms with Crippen LogP contribution in [0.3, 0.4) is 0 Å². The van der Waals surface area contributed by atoms with Crippen molar-refractivity contribution < 1.29 is 32.8 Å². The zero-order chi connectivity index (χ0) is 33.3. The first-order valence-corrected chi connectivity index (χ1v) is 13.8. The SMILES string of the molecule is Cc1c(Cc2cccc(N)c2F)c(=O)oc2cc(O)ccc12.Cc1c(Cc2cccc([N+](=O)[O-])c2F)c(=O)oc2cc(O)ccc12. The number of aromatic hydroxyl groups is 2. The first kappa shape index (κ1) is 31.4. The summed E-state index contributed by atoms with van der Waals surface area (Å²) in [5.41, 5.74) is 6.53. The molecule has 2 heterocycles. The highest BCUT2D eigenvalue weighted by atomic mass is 19.1. The number of hydrogen-bond donors (Lipinski definition) is 3. The first-order chi connectivity index (χ1) is 21.8. The lowest BCUT2D eigenvalue weighted by Crippen LogP contribution is -2.12. The molecular weight excluding hydrogens is 602 g/mol. The van der Waals surface area contributed by atoms with Gasteiger partial charge in [-0.15, -0.1) is 0 Å². The van der Waals surface area contributed by atoms with Crippen LogP contribution < -0.4 is 17.0 Å². The van der Waals surface area contributed by atoms with Crippen LogP contribution >= 0.6 is 0 Å². The maximum atomic E-state index is 14.2.